The van der Waals surface area contributed by atoms with Crippen LogP contribution in [0.15, 0.2) is 17.5 Å². The van der Waals surface area contributed by atoms with Crippen LogP contribution in [-0.2, 0) is 10.0 Å². The van der Waals surface area contributed by atoms with E-state index in [9.17, 15) is 13.2 Å². The summed E-state index contributed by atoms with van der Waals surface area (Å²) in [5, 5.41) is 1.88. The van der Waals surface area contributed by atoms with Crippen LogP contribution in [0.2, 0.25) is 0 Å². The minimum atomic E-state index is -3.16. The van der Waals surface area contributed by atoms with E-state index in [-0.39, 0.29) is 11.9 Å². The van der Waals surface area contributed by atoms with Crippen LogP contribution < -0.4 is 0 Å². The summed E-state index contributed by atoms with van der Waals surface area (Å²) < 4.78 is 25.0. The number of nitrogens with zero attached hydrogens (tertiary/aromatic N) is 2. The van der Waals surface area contributed by atoms with E-state index in [0.717, 1.165) is 11.3 Å². The smallest absolute Gasteiger partial charge is 0.263 e. The average molecular weight is 300 g/mol. The van der Waals surface area contributed by atoms with Crippen molar-refractivity contribution < 1.29 is 13.2 Å². The first kappa shape index (κ1) is 13.1. The SMILES string of the molecule is CS(=O)(=O)N1CC[C@@H]2CN(C(=O)c3cccs3)C[C@@H]21. The summed E-state index contributed by atoms with van der Waals surface area (Å²) in [5.41, 5.74) is 0. The maximum absolute atomic E-state index is 12.3. The zero-order chi connectivity index (χ0) is 13.6. The predicted octanol–water partition coefficient (Wildman–Crippen LogP) is 0.854. The molecule has 3 rings (SSSR count). The van der Waals surface area contributed by atoms with Gasteiger partial charge < -0.3 is 4.90 Å². The Morgan fingerprint density at radius 2 is 2.21 bits per heavy atom. The van der Waals surface area contributed by atoms with Crippen LogP contribution in [0.1, 0.15) is 16.1 Å². The summed E-state index contributed by atoms with van der Waals surface area (Å²) >= 11 is 1.43. The summed E-state index contributed by atoms with van der Waals surface area (Å²) in [4.78, 5) is 14.8. The molecule has 2 aliphatic rings. The Bertz CT molecular complexity index is 582. The second kappa shape index (κ2) is 4.57. The number of thiophene rings is 1. The normalized spacial score (nSPS) is 27.7. The molecule has 5 nitrogen and oxygen atoms in total. The lowest BCUT2D eigenvalue weighted by molar-refractivity contribution is 0.0783. The number of carbonyl (C=O) groups is 1. The standard InChI is InChI=1S/C12H16N2O3S2/c1-19(16,17)14-5-4-9-7-13(8-10(9)14)12(15)11-3-2-6-18-11/h2-3,6,9-10H,4-5,7-8H2,1H3/t9-,10+/m1/s1. The van der Waals surface area contributed by atoms with Crippen LogP contribution in [0.3, 0.4) is 0 Å². The van der Waals surface area contributed by atoms with Crippen molar-refractivity contribution in [1.82, 2.24) is 9.21 Å². The minimum absolute atomic E-state index is 0.0258. The number of hydrogen-bond acceptors (Lipinski definition) is 4. The monoisotopic (exact) mass is 300 g/mol. The number of fused-ring (bicyclic) bond motifs is 1. The summed E-state index contributed by atoms with van der Waals surface area (Å²) in [5.74, 6) is 0.316. The van der Waals surface area contributed by atoms with Crippen LogP contribution in [0.25, 0.3) is 0 Å². The molecule has 0 radical (unpaired) electrons. The summed E-state index contributed by atoms with van der Waals surface area (Å²) in [6, 6.07) is 3.64. The highest BCUT2D eigenvalue weighted by molar-refractivity contribution is 7.88. The Balaban J connectivity index is 1.76. The third-order valence-corrected chi connectivity index (χ3v) is 6.11. The molecule has 0 unspecified atom stereocenters. The lowest BCUT2D eigenvalue weighted by Crippen LogP contribution is -2.40. The summed E-state index contributed by atoms with van der Waals surface area (Å²) in [6.07, 6.45) is 2.10. The quantitative estimate of drug-likeness (QED) is 0.814. The molecule has 104 valence electrons. The molecule has 3 heterocycles. The first-order valence-corrected chi connectivity index (χ1v) is 8.99. The van der Waals surface area contributed by atoms with Crippen molar-refractivity contribution in [2.75, 3.05) is 25.9 Å². The van der Waals surface area contributed by atoms with Gasteiger partial charge in [-0.15, -0.1) is 11.3 Å². The van der Waals surface area contributed by atoms with E-state index in [1.165, 1.54) is 17.6 Å². The van der Waals surface area contributed by atoms with E-state index < -0.39 is 10.0 Å². The van der Waals surface area contributed by atoms with E-state index in [1.807, 2.05) is 17.5 Å². The molecular formula is C12H16N2O3S2. The molecule has 2 fully saturated rings. The number of carbonyl (C=O) groups excluding carboxylic acids is 1. The van der Waals surface area contributed by atoms with Gasteiger partial charge in [0.25, 0.3) is 5.91 Å². The molecule has 0 N–H and O–H groups in total. The van der Waals surface area contributed by atoms with E-state index in [2.05, 4.69) is 0 Å². The third kappa shape index (κ3) is 2.30. The number of amides is 1. The van der Waals surface area contributed by atoms with Gasteiger partial charge in [0.05, 0.1) is 11.1 Å². The number of sulfonamides is 1. The number of rotatable bonds is 2. The Hall–Kier alpha value is -0.920. The highest BCUT2D eigenvalue weighted by Crippen LogP contribution is 2.33. The zero-order valence-corrected chi connectivity index (χ0v) is 12.3. The molecule has 0 spiro atoms. The van der Waals surface area contributed by atoms with Gasteiger partial charge >= 0.3 is 0 Å². The summed E-state index contributed by atoms with van der Waals surface area (Å²) in [7, 11) is -3.16. The van der Waals surface area contributed by atoms with Gasteiger partial charge in [0.1, 0.15) is 0 Å². The van der Waals surface area contributed by atoms with Gasteiger partial charge in [-0.1, -0.05) is 6.07 Å². The van der Waals surface area contributed by atoms with Gasteiger partial charge in [-0.05, 0) is 23.8 Å². The lowest BCUT2D eigenvalue weighted by Gasteiger charge is -2.22. The van der Waals surface area contributed by atoms with Gasteiger partial charge in [-0.3, -0.25) is 4.79 Å². The van der Waals surface area contributed by atoms with Gasteiger partial charge in [-0.25, -0.2) is 8.42 Å². The molecule has 19 heavy (non-hydrogen) atoms. The van der Waals surface area contributed by atoms with Crippen molar-refractivity contribution in [3.8, 4) is 0 Å². The minimum Gasteiger partial charge on any atom is -0.336 e. The van der Waals surface area contributed by atoms with Crippen molar-refractivity contribution in [2.24, 2.45) is 5.92 Å². The predicted molar refractivity (Wildman–Crippen MR) is 73.7 cm³/mol. The Labute approximate surface area is 116 Å². The van der Waals surface area contributed by atoms with Crippen molar-refractivity contribution in [1.29, 1.82) is 0 Å². The first-order chi connectivity index (χ1) is 8.97. The molecule has 2 saturated heterocycles. The van der Waals surface area contributed by atoms with Crippen LogP contribution in [0.4, 0.5) is 0 Å². The topological polar surface area (TPSA) is 57.7 Å². The molecule has 7 heteroatoms. The Morgan fingerprint density at radius 3 is 2.84 bits per heavy atom. The molecule has 0 bridgehead atoms. The Kier molecular flexibility index (Phi) is 3.15. The number of likely N-dealkylation sites (tertiary alicyclic amines) is 1. The molecule has 1 amide bonds. The van der Waals surface area contributed by atoms with E-state index in [1.54, 1.807) is 9.21 Å². The zero-order valence-electron chi connectivity index (χ0n) is 10.7. The molecule has 2 atom stereocenters. The maximum Gasteiger partial charge on any atom is 0.263 e. The first-order valence-electron chi connectivity index (χ1n) is 6.26. The fourth-order valence-corrected chi connectivity index (χ4v) is 4.92. The van der Waals surface area contributed by atoms with Crippen molar-refractivity contribution in [3.63, 3.8) is 0 Å². The maximum atomic E-state index is 12.3. The van der Waals surface area contributed by atoms with Gasteiger partial charge in [-0.2, -0.15) is 4.31 Å². The fraction of sp³-hybridized carbons (Fsp3) is 0.583. The van der Waals surface area contributed by atoms with Gasteiger partial charge in [0, 0.05) is 25.7 Å². The number of hydrogen-bond donors (Lipinski definition) is 0. The van der Waals surface area contributed by atoms with E-state index in [4.69, 9.17) is 0 Å². The van der Waals surface area contributed by atoms with E-state index in [0.29, 0.717) is 25.6 Å². The molecule has 2 aliphatic heterocycles. The van der Waals surface area contributed by atoms with Crippen molar-refractivity contribution >= 4 is 27.3 Å². The van der Waals surface area contributed by atoms with Crippen LogP contribution in [-0.4, -0.2) is 55.5 Å². The fourth-order valence-electron chi connectivity index (χ4n) is 3.06. The third-order valence-electron chi connectivity index (χ3n) is 3.94. The molecule has 0 aliphatic carbocycles. The second-order valence-electron chi connectivity index (χ2n) is 5.18. The highest BCUT2D eigenvalue weighted by Gasteiger charge is 2.46. The van der Waals surface area contributed by atoms with Crippen LogP contribution in [0.5, 0.6) is 0 Å². The molecule has 1 aromatic heterocycles. The van der Waals surface area contributed by atoms with Crippen molar-refractivity contribution in [3.05, 3.63) is 22.4 Å². The van der Waals surface area contributed by atoms with Crippen LogP contribution >= 0.6 is 11.3 Å². The molecule has 0 aromatic carbocycles. The van der Waals surface area contributed by atoms with Gasteiger partial charge in [0.15, 0.2) is 0 Å². The van der Waals surface area contributed by atoms with E-state index >= 15 is 0 Å². The lowest BCUT2D eigenvalue weighted by atomic mass is 10.1. The van der Waals surface area contributed by atoms with Crippen LogP contribution in [0, 0.1) is 5.92 Å². The average Bonchev–Trinajstić information content (AvgIpc) is 3.02. The molecule has 0 saturated carbocycles. The molecular weight excluding hydrogens is 284 g/mol. The second-order valence-corrected chi connectivity index (χ2v) is 8.06. The Morgan fingerprint density at radius 1 is 1.42 bits per heavy atom. The highest BCUT2D eigenvalue weighted by atomic mass is 32.2. The molecule has 1 aromatic rings. The summed E-state index contributed by atoms with van der Waals surface area (Å²) in [6.45, 7) is 1.79. The van der Waals surface area contributed by atoms with Crippen molar-refractivity contribution in [2.45, 2.75) is 12.5 Å². The largest absolute Gasteiger partial charge is 0.336 e. The van der Waals surface area contributed by atoms with Gasteiger partial charge in [0.2, 0.25) is 10.0 Å².